The number of nitrogens with one attached hydrogen (secondary N) is 1. The van der Waals surface area contributed by atoms with Gasteiger partial charge in [-0.25, -0.2) is 0 Å². The fourth-order valence-electron chi connectivity index (χ4n) is 3.38. The second-order valence-electron chi connectivity index (χ2n) is 6.65. The Morgan fingerprint density at radius 1 is 1.07 bits per heavy atom. The van der Waals surface area contributed by atoms with Crippen molar-refractivity contribution in [1.82, 2.24) is 5.32 Å². The standard InChI is InChI=1S/C21H22BrClN2O2/c1-2-3-4-7-12-25-18-11-10-14(22)13-16(18)19(24-20(26)21(25)27)15-8-5-6-9-17(15)23/h5-6,8-11,13,19H,2-4,7,12H2,1H3,(H,24,26). The Morgan fingerprint density at radius 2 is 1.85 bits per heavy atom. The number of carbonyl (C=O) groups is 2. The van der Waals surface area contributed by atoms with Gasteiger partial charge in [-0.3, -0.25) is 9.59 Å². The van der Waals surface area contributed by atoms with Crippen molar-refractivity contribution < 1.29 is 9.59 Å². The predicted molar refractivity (Wildman–Crippen MR) is 112 cm³/mol. The molecule has 0 radical (unpaired) electrons. The first-order chi connectivity index (χ1) is 13.0. The second-order valence-corrected chi connectivity index (χ2v) is 7.97. The minimum atomic E-state index is -0.609. The van der Waals surface area contributed by atoms with E-state index < -0.39 is 17.9 Å². The van der Waals surface area contributed by atoms with Crippen LogP contribution in [0.2, 0.25) is 5.02 Å². The average Bonchev–Trinajstić information content (AvgIpc) is 2.75. The molecule has 1 aliphatic heterocycles. The summed E-state index contributed by atoms with van der Waals surface area (Å²) in [6.45, 7) is 2.67. The molecule has 0 saturated carbocycles. The number of anilines is 1. The van der Waals surface area contributed by atoms with Gasteiger partial charge in [0.1, 0.15) is 0 Å². The van der Waals surface area contributed by atoms with Crippen LogP contribution in [0.5, 0.6) is 0 Å². The number of halogens is 2. The van der Waals surface area contributed by atoms with E-state index in [1.807, 2.05) is 36.4 Å². The number of hydrogen-bond acceptors (Lipinski definition) is 2. The molecule has 0 bridgehead atoms. The number of nitrogens with zero attached hydrogens (tertiary/aromatic N) is 1. The summed E-state index contributed by atoms with van der Waals surface area (Å²) in [5, 5.41) is 3.42. The van der Waals surface area contributed by atoms with E-state index in [4.69, 9.17) is 11.6 Å². The smallest absolute Gasteiger partial charge is 0.316 e. The van der Waals surface area contributed by atoms with Crippen LogP contribution in [0.3, 0.4) is 0 Å². The van der Waals surface area contributed by atoms with Crippen LogP contribution < -0.4 is 10.2 Å². The summed E-state index contributed by atoms with van der Waals surface area (Å²) in [6, 6.07) is 12.6. The van der Waals surface area contributed by atoms with Crippen LogP contribution in [0, 0.1) is 0 Å². The monoisotopic (exact) mass is 448 g/mol. The van der Waals surface area contributed by atoms with Crippen LogP contribution in [-0.4, -0.2) is 18.4 Å². The molecule has 0 spiro atoms. The number of unbranched alkanes of at least 4 members (excludes halogenated alkanes) is 3. The molecule has 2 amide bonds. The van der Waals surface area contributed by atoms with Crippen molar-refractivity contribution in [3.05, 3.63) is 63.1 Å². The van der Waals surface area contributed by atoms with Crippen LogP contribution in [0.4, 0.5) is 5.69 Å². The normalized spacial score (nSPS) is 16.7. The second kappa shape index (κ2) is 8.89. The molecular formula is C21H22BrClN2O2. The molecule has 0 aliphatic carbocycles. The lowest BCUT2D eigenvalue weighted by molar-refractivity contribution is -0.137. The summed E-state index contributed by atoms with van der Waals surface area (Å²) in [7, 11) is 0. The fourth-order valence-corrected chi connectivity index (χ4v) is 4.00. The topological polar surface area (TPSA) is 49.4 Å². The van der Waals surface area contributed by atoms with Gasteiger partial charge in [-0.1, -0.05) is 71.9 Å². The van der Waals surface area contributed by atoms with Crippen LogP contribution in [-0.2, 0) is 9.59 Å². The Hall–Kier alpha value is -1.85. The highest BCUT2D eigenvalue weighted by Crippen LogP contribution is 2.37. The molecule has 1 unspecified atom stereocenters. The van der Waals surface area contributed by atoms with E-state index in [0.717, 1.165) is 47.0 Å². The minimum absolute atomic E-state index is 0.483. The highest BCUT2D eigenvalue weighted by atomic mass is 79.9. The molecule has 0 aromatic heterocycles. The van der Waals surface area contributed by atoms with Crippen molar-refractivity contribution in [1.29, 1.82) is 0 Å². The highest BCUT2D eigenvalue weighted by Gasteiger charge is 2.34. The van der Waals surface area contributed by atoms with Gasteiger partial charge in [-0.05, 0) is 36.2 Å². The summed E-state index contributed by atoms with van der Waals surface area (Å²) in [6.07, 6.45) is 4.12. The van der Waals surface area contributed by atoms with Gasteiger partial charge in [0.15, 0.2) is 0 Å². The Bertz CT molecular complexity index is 856. The van der Waals surface area contributed by atoms with E-state index >= 15 is 0 Å². The lowest BCUT2D eigenvalue weighted by Gasteiger charge is -2.24. The third kappa shape index (κ3) is 4.36. The zero-order chi connectivity index (χ0) is 19.4. The molecule has 0 saturated heterocycles. The van der Waals surface area contributed by atoms with E-state index in [1.165, 1.54) is 0 Å². The number of hydrogen-bond donors (Lipinski definition) is 1. The summed E-state index contributed by atoms with van der Waals surface area (Å²) in [5.74, 6) is -1.13. The van der Waals surface area contributed by atoms with Gasteiger partial charge < -0.3 is 10.2 Å². The summed E-state index contributed by atoms with van der Waals surface area (Å²) in [4.78, 5) is 27.0. The number of amides is 2. The molecule has 3 rings (SSSR count). The summed E-state index contributed by atoms with van der Waals surface area (Å²) in [5.41, 5.74) is 2.38. The first kappa shape index (κ1) is 19.9. The van der Waals surface area contributed by atoms with Gasteiger partial charge in [-0.15, -0.1) is 0 Å². The maximum absolute atomic E-state index is 12.8. The first-order valence-corrected chi connectivity index (χ1v) is 10.4. The van der Waals surface area contributed by atoms with Crippen LogP contribution >= 0.6 is 27.5 Å². The number of carbonyl (C=O) groups excluding carboxylic acids is 2. The summed E-state index contributed by atoms with van der Waals surface area (Å²) < 4.78 is 0.882. The van der Waals surface area contributed by atoms with E-state index in [9.17, 15) is 9.59 Å². The van der Waals surface area contributed by atoms with Crippen molar-refractivity contribution in [3.8, 4) is 0 Å². The number of benzene rings is 2. The Balaban J connectivity index is 2.05. The molecular weight excluding hydrogens is 428 g/mol. The van der Waals surface area contributed by atoms with E-state index in [1.54, 1.807) is 11.0 Å². The molecule has 0 fully saturated rings. The fraction of sp³-hybridized carbons (Fsp3) is 0.333. The number of rotatable bonds is 6. The lowest BCUT2D eigenvalue weighted by atomic mass is 9.97. The molecule has 1 N–H and O–H groups in total. The SMILES string of the molecule is CCCCCCN1C(=O)C(=O)NC(c2ccccc2Cl)c2cc(Br)ccc21. The molecule has 142 valence electrons. The van der Waals surface area contributed by atoms with Gasteiger partial charge in [-0.2, -0.15) is 0 Å². The van der Waals surface area contributed by atoms with Crippen molar-refractivity contribution in [2.45, 2.75) is 38.6 Å². The lowest BCUT2D eigenvalue weighted by Crippen LogP contribution is -2.41. The van der Waals surface area contributed by atoms with Crippen molar-refractivity contribution in [2.24, 2.45) is 0 Å². The van der Waals surface area contributed by atoms with Crippen LogP contribution in [0.1, 0.15) is 49.8 Å². The van der Waals surface area contributed by atoms with Crippen molar-refractivity contribution in [3.63, 3.8) is 0 Å². The van der Waals surface area contributed by atoms with Gasteiger partial charge in [0.05, 0.1) is 6.04 Å². The molecule has 27 heavy (non-hydrogen) atoms. The van der Waals surface area contributed by atoms with E-state index in [-0.39, 0.29) is 0 Å². The van der Waals surface area contributed by atoms with Gasteiger partial charge in [0.25, 0.3) is 0 Å². The average molecular weight is 450 g/mol. The largest absolute Gasteiger partial charge is 0.337 e. The zero-order valence-electron chi connectivity index (χ0n) is 15.2. The number of fused-ring (bicyclic) bond motifs is 1. The minimum Gasteiger partial charge on any atom is -0.337 e. The van der Waals surface area contributed by atoms with Gasteiger partial charge in [0.2, 0.25) is 0 Å². The molecule has 4 nitrogen and oxygen atoms in total. The maximum atomic E-state index is 12.8. The molecule has 2 aromatic carbocycles. The van der Waals surface area contributed by atoms with E-state index in [0.29, 0.717) is 11.6 Å². The predicted octanol–water partition coefficient (Wildman–Crippen LogP) is 5.24. The Morgan fingerprint density at radius 3 is 2.59 bits per heavy atom. The molecule has 6 heteroatoms. The van der Waals surface area contributed by atoms with Crippen molar-refractivity contribution >= 4 is 45.0 Å². The molecule has 1 aliphatic rings. The third-order valence-corrected chi connectivity index (χ3v) is 5.60. The molecule has 1 atom stereocenters. The Kier molecular flexibility index (Phi) is 6.55. The van der Waals surface area contributed by atoms with Crippen LogP contribution in [0.15, 0.2) is 46.9 Å². The van der Waals surface area contributed by atoms with Crippen molar-refractivity contribution in [2.75, 3.05) is 11.4 Å². The maximum Gasteiger partial charge on any atom is 0.316 e. The van der Waals surface area contributed by atoms with Gasteiger partial charge in [0, 0.05) is 27.3 Å². The summed E-state index contributed by atoms with van der Waals surface area (Å²) >= 11 is 9.90. The molecule has 2 aromatic rings. The van der Waals surface area contributed by atoms with Crippen LogP contribution in [0.25, 0.3) is 0 Å². The quantitative estimate of drug-likeness (QED) is 0.484. The third-order valence-electron chi connectivity index (χ3n) is 4.76. The molecule has 1 heterocycles. The van der Waals surface area contributed by atoms with E-state index in [2.05, 4.69) is 28.2 Å². The zero-order valence-corrected chi connectivity index (χ0v) is 17.5. The Labute approximate surface area is 173 Å². The first-order valence-electron chi connectivity index (χ1n) is 9.19. The van der Waals surface area contributed by atoms with Gasteiger partial charge >= 0.3 is 11.8 Å². The highest BCUT2D eigenvalue weighted by molar-refractivity contribution is 9.10.